The summed E-state index contributed by atoms with van der Waals surface area (Å²) in [6.45, 7) is 4.03. The summed E-state index contributed by atoms with van der Waals surface area (Å²) in [5, 5.41) is 15.1. The Morgan fingerprint density at radius 2 is 1.88 bits per heavy atom. The molecule has 6 heteroatoms. The van der Waals surface area contributed by atoms with Gasteiger partial charge in [-0.15, -0.1) is 5.10 Å². The van der Waals surface area contributed by atoms with Gasteiger partial charge >= 0.3 is 0 Å². The summed E-state index contributed by atoms with van der Waals surface area (Å²) in [5.74, 6) is 1.07. The first-order chi connectivity index (χ1) is 11.6. The Balaban J connectivity index is 1.73. The third-order valence-corrected chi connectivity index (χ3v) is 4.06. The number of nitrogens with one attached hydrogen (secondary N) is 2. The normalized spacial score (nSPS) is 11.8. The van der Waals surface area contributed by atoms with Crippen LogP contribution in [0.4, 0.5) is 17.5 Å². The van der Waals surface area contributed by atoms with Gasteiger partial charge in [0, 0.05) is 16.8 Å². The lowest BCUT2D eigenvalue weighted by atomic mass is 10.1. The maximum Gasteiger partial charge on any atom is 0.249 e. The van der Waals surface area contributed by atoms with Gasteiger partial charge in [0.2, 0.25) is 5.95 Å². The predicted molar refractivity (Wildman–Crippen MR) is 97.8 cm³/mol. The van der Waals surface area contributed by atoms with Gasteiger partial charge in [-0.05, 0) is 37.1 Å². The van der Waals surface area contributed by atoms with Gasteiger partial charge in [0.15, 0.2) is 5.82 Å². The van der Waals surface area contributed by atoms with Crippen molar-refractivity contribution in [1.82, 2.24) is 15.2 Å². The van der Waals surface area contributed by atoms with Gasteiger partial charge in [0.1, 0.15) is 0 Å². The van der Waals surface area contributed by atoms with Gasteiger partial charge in [-0.25, -0.2) is 0 Å². The first kappa shape index (κ1) is 16.2. The molecular formula is C18H18ClN5. The third-order valence-electron chi connectivity index (χ3n) is 3.65. The van der Waals surface area contributed by atoms with Crippen LogP contribution in [0, 0.1) is 6.92 Å². The fraction of sp³-hybridized carbons (Fsp3) is 0.167. The van der Waals surface area contributed by atoms with E-state index in [9.17, 15) is 0 Å². The minimum atomic E-state index is 0.115. The lowest BCUT2D eigenvalue weighted by Gasteiger charge is -2.15. The number of aryl methyl sites for hydroxylation is 1. The summed E-state index contributed by atoms with van der Waals surface area (Å²) >= 11 is 6.14. The highest BCUT2D eigenvalue weighted by Gasteiger charge is 2.07. The van der Waals surface area contributed by atoms with Crippen molar-refractivity contribution in [3.05, 3.63) is 70.9 Å². The topological polar surface area (TPSA) is 62.7 Å². The molecule has 0 aliphatic carbocycles. The van der Waals surface area contributed by atoms with E-state index in [1.165, 1.54) is 5.56 Å². The number of rotatable bonds is 5. The van der Waals surface area contributed by atoms with Gasteiger partial charge in [0.25, 0.3) is 0 Å². The molecule has 0 bridgehead atoms. The van der Waals surface area contributed by atoms with Gasteiger partial charge in [0.05, 0.1) is 6.20 Å². The first-order valence-corrected chi connectivity index (χ1v) is 8.04. The molecule has 0 aliphatic rings. The second kappa shape index (κ2) is 7.27. The number of hydrogen-bond acceptors (Lipinski definition) is 5. The van der Waals surface area contributed by atoms with Crippen molar-refractivity contribution in [2.75, 3.05) is 10.6 Å². The highest BCUT2D eigenvalue weighted by molar-refractivity contribution is 6.31. The van der Waals surface area contributed by atoms with Crippen molar-refractivity contribution < 1.29 is 0 Å². The maximum absolute atomic E-state index is 6.14. The largest absolute Gasteiger partial charge is 0.362 e. The van der Waals surface area contributed by atoms with Crippen LogP contribution in [0.25, 0.3) is 0 Å². The molecule has 3 rings (SSSR count). The molecule has 2 N–H and O–H groups in total. The molecule has 0 saturated heterocycles. The monoisotopic (exact) mass is 339 g/mol. The highest BCUT2D eigenvalue weighted by atomic mass is 35.5. The smallest absolute Gasteiger partial charge is 0.249 e. The van der Waals surface area contributed by atoms with Crippen LogP contribution in [-0.4, -0.2) is 15.2 Å². The van der Waals surface area contributed by atoms with Crippen LogP contribution in [0.2, 0.25) is 5.02 Å². The number of anilines is 3. The number of halogens is 1. The molecule has 3 aromatic rings. The Bertz CT molecular complexity index is 823. The molecule has 1 atom stereocenters. The molecule has 1 heterocycles. The van der Waals surface area contributed by atoms with Crippen molar-refractivity contribution in [1.29, 1.82) is 0 Å². The number of nitrogens with zero attached hydrogens (tertiary/aromatic N) is 3. The van der Waals surface area contributed by atoms with Crippen LogP contribution in [0.1, 0.15) is 24.1 Å². The van der Waals surface area contributed by atoms with Crippen molar-refractivity contribution in [2.45, 2.75) is 19.9 Å². The minimum Gasteiger partial charge on any atom is -0.362 e. The Labute approximate surface area is 146 Å². The Morgan fingerprint density at radius 3 is 2.62 bits per heavy atom. The lowest BCUT2D eigenvalue weighted by Crippen LogP contribution is -2.09. The summed E-state index contributed by atoms with van der Waals surface area (Å²) < 4.78 is 0. The zero-order valence-electron chi connectivity index (χ0n) is 13.5. The SMILES string of the molecule is Cc1ccc(Nc2nncc(NC(C)c3ccccc3)n2)cc1Cl. The van der Waals surface area contributed by atoms with Crippen molar-refractivity contribution in [3.63, 3.8) is 0 Å². The van der Waals surface area contributed by atoms with Crippen LogP contribution in [0.15, 0.2) is 54.7 Å². The van der Waals surface area contributed by atoms with Crippen molar-refractivity contribution in [2.24, 2.45) is 0 Å². The average molecular weight is 340 g/mol. The molecule has 2 aromatic carbocycles. The molecule has 0 radical (unpaired) electrons. The van der Waals surface area contributed by atoms with E-state index in [1.54, 1.807) is 6.20 Å². The van der Waals surface area contributed by atoms with E-state index in [0.717, 1.165) is 11.3 Å². The van der Waals surface area contributed by atoms with Gasteiger partial charge in [-0.3, -0.25) is 0 Å². The predicted octanol–water partition coefficient (Wildman–Crippen LogP) is 4.75. The third kappa shape index (κ3) is 4.00. The zero-order valence-corrected chi connectivity index (χ0v) is 14.2. The fourth-order valence-electron chi connectivity index (χ4n) is 2.27. The fourth-order valence-corrected chi connectivity index (χ4v) is 2.45. The summed E-state index contributed by atoms with van der Waals surface area (Å²) in [5.41, 5.74) is 3.02. The van der Waals surface area contributed by atoms with E-state index in [4.69, 9.17) is 11.6 Å². The van der Waals surface area contributed by atoms with Crippen LogP contribution < -0.4 is 10.6 Å². The van der Waals surface area contributed by atoms with Gasteiger partial charge in [-0.2, -0.15) is 10.1 Å². The Hall–Kier alpha value is -2.66. The van der Waals surface area contributed by atoms with Crippen LogP contribution in [0.3, 0.4) is 0 Å². The van der Waals surface area contributed by atoms with Gasteiger partial charge < -0.3 is 10.6 Å². The van der Waals surface area contributed by atoms with E-state index >= 15 is 0 Å². The molecule has 1 unspecified atom stereocenters. The summed E-state index contributed by atoms with van der Waals surface area (Å²) in [7, 11) is 0. The van der Waals surface area contributed by atoms with E-state index < -0.39 is 0 Å². The van der Waals surface area contributed by atoms with E-state index in [1.807, 2.05) is 43.3 Å². The van der Waals surface area contributed by atoms with Crippen LogP contribution in [-0.2, 0) is 0 Å². The van der Waals surface area contributed by atoms with Crippen LogP contribution in [0.5, 0.6) is 0 Å². The Kier molecular flexibility index (Phi) is 4.91. The van der Waals surface area contributed by atoms with E-state index in [2.05, 4.69) is 44.9 Å². The molecule has 1 aromatic heterocycles. The molecule has 24 heavy (non-hydrogen) atoms. The summed E-state index contributed by atoms with van der Waals surface area (Å²) in [6.07, 6.45) is 1.60. The molecule has 0 aliphatic heterocycles. The van der Waals surface area contributed by atoms with E-state index in [-0.39, 0.29) is 6.04 Å². The molecular weight excluding hydrogens is 322 g/mol. The second-order valence-corrected chi connectivity index (χ2v) is 5.94. The number of benzene rings is 2. The second-order valence-electron chi connectivity index (χ2n) is 5.53. The minimum absolute atomic E-state index is 0.115. The number of aromatic nitrogens is 3. The molecule has 0 saturated carbocycles. The molecule has 122 valence electrons. The van der Waals surface area contributed by atoms with Crippen molar-refractivity contribution in [3.8, 4) is 0 Å². The van der Waals surface area contributed by atoms with Crippen LogP contribution >= 0.6 is 11.6 Å². The van der Waals surface area contributed by atoms with E-state index in [0.29, 0.717) is 16.8 Å². The quantitative estimate of drug-likeness (QED) is 0.702. The molecule has 0 spiro atoms. The highest BCUT2D eigenvalue weighted by Crippen LogP contribution is 2.22. The summed E-state index contributed by atoms with van der Waals surface area (Å²) in [4.78, 5) is 4.45. The molecule has 5 nitrogen and oxygen atoms in total. The standard InChI is InChI=1S/C18H18ClN5/c1-12-8-9-15(10-16(12)19)22-18-23-17(11-20-24-18)21-13(2)14-6-4-3-5-7-14/h3-11,13H,1-2H3,(H2,21,22,23,24). The number of hydrogen-bond donors (Lipinski definition) is 2. The maximum atomic E-state index is 6.14. The average Bonchev–Trinajstić information content (AvgIpc) is 2.59. The molecule has 0 amide bonds. The lowest BCUT2D eigenvalue weighted by molar-refractivity contribution is 0.861. The first-order valence-electron chi connectivity index (χ1n) is 7.66. The van der Waals surface area contributed by atoms with Gasteiger partial charge in [-0.1, -0.05) is 48.0 Å². The zero-order chi connectivity index (χ0) is 16.9. The Morgan fingerprint density at radius 1 is 1.08 bits per heavy atom. The summed E-state index contributed by atoms with van der Waals surface area (Å²) in [6, 6.07) is 16.0. The van der Waals surface area contributed by atoms with Crippen molar-refractivity contribution >= 4 is 29.1 Å². The molecule has 0 fully saturated rings.